The molecule has 1 aromatic heterocycles. The van der Waals surface area contributed by atoms with E-state index in [0.717, 1.165) is 0 Å². The second-order valence-corrected chi connectivity index (χ2v) is 4.40. The number of nitrogens with one attached hydrogen (secondary N) is 1. The number of carbonyl (C=O) groups excluding carboxylic acids is 1. The molecule has 17 heavy (non-hydrogen) atoms. The van der Waals surface area contributed by atoms with Crippen LogP contribution in [0.5, 0.6) is 0 Å². The summed E-state index contributed by atoms with van der Waals surface area (Å²) in [6.07, 6.45) is 0. The maximum Gasteiger partial charge on any atom is 0.328 e. The Morgan fingerprint density at radius 2 is 2.12 bits per heavy atom. The number of rotatable bonds is 4. The number of esters is 1. The first-order chi connectivity index (χ1) is 7.93. The Balaban J connectivity index is 2.89. The lowest BCUT2D eigenvalue weighted by Crippen LogP contribution is -2.35. The highest BCUT2D eigenvalue weighted by molar-refractivity contribution is 6.29. The summed E-state index contributed by atoms with van der Waals surface area (Å²) in [6.45, 7) is 5.58. The quantitative estimate of drug-likeness (QED) is 0.661. The molecule has 6 heteroatoms. The van der Waals surface area contributed by atoms with Crippen LogP contribution >= 0.6 is 11.6 Å². The third-order valence-electron chi connectivity index (χ3n) is 2.23. The normalized spacial score (nSPS) is 12.4. The van der Waals surface area contributed by atoms with E-state index in [2.05, 4.69) is 15.3 Å². The lowest BCUT2D eigenvalue weighted by Gasteiger charge is -2.20. The number of carbonyl (C=O) groups is 1. The van der Waals surface area contributed by atoms with Gasteiger partial charge in [0.15, 0.2) is 0 Å². The number of aromatic nitrogens is 2. The molecule has 0 aliphatic rings. The standard InChI is InChI=1S/C11H16ClN3O2/c1-6(2)10(11(16)17-4)15-9-5-8(12)13-7(3)14-9/h5-6,10H,1-4H3,(H,13,14,15). The molecule has 0 radical (unpaired) electrons. The minimum absolute atomic E-state index is 0.0801. The Labute approximate surface area is 106 Å². The number of methoxy groups -OCH3 is 1. The fourth-order valence-corrected chi connectivity index (χ4v) is 1.61. The second-order valence-electron chi connectivity index (χ2n) is 4.01. The first-order valence-corrected chi connectivity index (χ1v) is 5.67. The molecule has 0 saturated heterocycles. The van der Waals surface area contributed by atoms with E-state index in [0.29, 0.717) is 16.8 Å². The van der Waals surface area contributed by atoms with Crippen LogP contribution in [0.1, 0.15) is 19.7 Å². The van der Waals surface area contributed by atoms with Crippen molar-refractivity contribution in [1.82, 2.24) is 9.97 Å². The summed E-state index contributed by atoms with van der Waals surface area (Å²) in [7, 11) is 1.36. The summed E-state index contributed by atoms with van der Waals surface area (Å²) in [5, 5.41) is 3.34. The summed E-state index contributed by atoms with van der Waals surface area (Å²) < 4.78 is 4.73. The van der Waals surface area contributed by atoms with Gasteiger partial charge in [0.2, 0.25) is 0 Å². The van der Waals surface area contributed by atoms with E-state index in [1.807, 2.05) is 13.8 Å². The predicted molar refractivity (Wildman–Crippen MR) is 66.0 cm³/mol. The highest BCUT2D eigenvalue weighted by Gasteiger charge is 2.23. The molecule has 1 aromatic rings. The first kappa shape index (κ1) is 13.7. The summed E-state index contributed by atoms with van der Waals surface area (Å²) >= 11 is 5.82. The minimum Gasteiger partial charge on any atom is -0.467 e. The third-order valence-corrected chi connectivity index (χ3v) is 2.43. The van der Waals surface area contributed by atoms with Crippen LogP contribution in [0.3, 0.4) is 0 Å². The zero-order valence-electron chi connectivity index (χ0n) is 10.3. The van der Waals surface area contributed by atoms with Gasteiger partial charge in [0.05, 0.1) is 7.11 Å². The lowest BCUT2D eigenvalue weighted by atomic mass is 10.0. The van der Waals surface area contributed by atoms with Crippen LogP contribution in [-0.4, -0.2) is 29.1 Å². The molecule has 0 bridgehead atoms. The molecule has 0 aromatic carbocycles. The SMILES string of the molecule is COC(=O)C(Nc1cc(Cl)nc(C)n1)C(C)C. The van der Waals surface area contributed by atoms with E-state index in [9.17, 15) is 4.79 Å². The largest absolute Gasteiger partial charge is 0.467 e. The molecule has 0 aliphatic heterocycles. The van der Waals surface area contributed by atoms with Crippen molar-refractivity contribution in [2.24, 2.45) is 5.92 Å². The zero-order chi connectivity index (χ0) is 13.0. The summed E-state index contributed by atoms with van der Waals surface area (Å²) in [6, 6.07) is 1.12. The molecule has 1 atom stereocenters. The van der Waals surface area contributed by atoms with Crippen LogP contribution in [-0.2, 0) is 9.53 Å². The number of hydrogen-bond acceptors (Lipinski definition) is 5. The van der Waals surface area contributed by atoms with Gasteiger partial charge in [-0.1, -0.05) is 25.4 Å². The fraction of sp³-hybridized carbons (Fsp3) is 0.545. The van der Waals surface area contributed by atoms with Gasteiger partial charge in [0.25, 0.3) is 0 Å². The van der Waals surface area contributed by atoms with Gasteiger partial charge >= 0.3 is 5.97 Å². The van der Waals surface area contributed by atoms with Crippen molar-refractivity contribution >= 4 is 23.4 Å². The van der Waals surface area contributed by atoms with Crippen molar-refractivity contribution in [3.8, 4) is 0 Å². The topological polar surface area (TPSA) is 64.1 Å². The van der Waals surface area contributed by atoms with Crippen LogP contribution < -0.4 is 5.32 Å². The molecule has 0 aliphatic carbocycles. The molecular weight excluding hydrogens is 242 g/mol. The number of halogens is 1. The highest BCUT2D eigenvalue weighted by atomic mass is 35.5. The van der Waals surface area contributed by atoms with E-state index in [1.165, 1.54) is 7.11 Å². The monoisotopic (exact) mass is 257 g/mol. The molecule has 94 valence electrons. The van der Waals surface area contributed by atoms with Gasteiger partial charge in [0.1, 0.15) is 22.8 Å². The van der Waals surface area contributed by atoms with Crippen molar-refractivity contribution in [3.05, 3.63) is 17.0 Å². The Bertz CT molecular complexity index is 389. The molecule has 0 saturated carbocycles. The minimum atomic E-state index is -0.453. The second kappa shape index (κ2) is 5.82. The molecule has 5 nitrogen and oxygen atoms in total. The van der Waals surface area contributed by atoms with E-state index in [1.54, 1.807) is 13.0 Å². The maximum absolute atomic E-state index is 11.6. The van der Waals surface area contributed by atoms with Crippen molar-refractivity contribution in [1.29, 1.82) is 0 Å². The number of ether oxygens (including phenoxy) is 1. The van der Waals surface area contributed by atoms with Crippen LogP contribution in [0, 0.1) is 12.8 Å². The number of aryl methyl sites for hydroxylation is 1. The molecule has 1 rings (SSSR count). The summed E-state index contributed by atoms with van der Waals surface area (Å²) in [5.74, 6) is 0.822. The van der Waals surface area contributed by atoms with Crippen LogP contribution in [0.15, 0.2) is 6.07 Å². The van der Waals surface area contributed by atoms with Crippen LogP contribution in [0.25, 0.3) is 0 Å². The van der Waals surface area contributed by atoms with Gasteiger partial charge in [-0.05, 0) is 12.8 Å². The van der Waals surface area contributed by atoms with Gasteiger partial charge in [0, 0.05) is 6.07 Å². The molecular formula is C11H16ClN3O2. The third kappa shape index (κ3) is 3.85. The molecule has 1 heterocycles. The van der Waals surface area contributed by atoms with Crippen molar-refractivity contribution in [2.75, 3.05) is 12.4 Å². The smallest absolute Gasteiger partial charge is 0.328 e. The van der Waals surface area contributed by atoms with E-state index in [4.69, 9.17) is 16.3 Å². The van der Waals surface area contributed by atoms with Crippen molar-refractivity contribution in [3.63, 3.8) is 0 Å². The van der Waals surface area contributed by atoms with E-state index < -0.39 is 6.04 Å². The number of hydrogen-bond donors (Lipinski definition) is 1. The van der Waals surface area contributed by atoms with Crippen molar-refractivity contribution < 1.29 is 9.53 Å². The van der Waals surface area contributed by atoms with Gasteiger partial charge in [-0.2, -0.15) is 0 Å². The van der Waals surface area contributed by atoms with Crippen LogP contribution in [0.4, 0.5) is 5.82 Å². The predicted octanol–water partition coefficient (Wildman–Crippen LogP) is 2.05. The van der Waals surface area contributed by atoms with Gasteiger partial charge in [-0.3, -0.25) is 0 Å². The van der Waals surface area contributed by atoms with E-state index in [-0.39, 0.29) is 11.9 Å². The average molecular weight is 258 g/mol. The first-order valence-electron chi connectivity index (χ1n) is 5.29. The highest BCUT2D eigenvalue weighted by Crippen LogP contribution is 2.15. The summed E-state index contributed by atoms with van der Waals surface area (Å²) in [5.41, 5.74) is 0. The average Bonchev–Trinajstić information content (AvgIpc) is 2.23. The molecule has 0 amide bonds. The van der Waals surface area contributed by atoms with Gasteiger partial charge < -0.3 is 10.1 Å². The number of nitrogens with zero attached hydrogens (tertiary/aromatic N) is 2. The van der Waals surface area contributed by atoms with Gasteiger partial charge in [-0.25, -0.2) is 14.8 Å². The molecule has 0 fully saturated rings. The van der Waals surface area contributed by atoms with Crippen molar-refractivity contribution in [2.45, 2.75) is 26.8 Å². The Kier molecular flexibility index (Phi) is 4.69. The zero-order valence-corrected chi connectivity index (χ0v) is 11.1. The molecule has 1 N–H and O–H groups in total. The molecule has 0 spiro atoms. The lowest BCUT2D eigenvalue weighted by molar-refractivity contribution is -0.142. The number of anilines is 1. The Morgan fingerprint density at radius 1 is 1.47 bits per heavy atom. The summed E-state index contributed by atoms with van der Waals surface area (Å²) in [4.78, 5) is 19.7. The Hall–Kier alpha value is -1.36. The van der Waals surface area contributed by atoms with E-state index >= 15 is 0 Å². The van der Waals surface area contributed by atoms with Gasteiger partial charge in [-0.15, -0.1) is 0 Å². The molecule has 1 unspecified atom stereocenters. The fourth-order valence-electron chi connectivity index (χ4n) is 1.39. The maximum atomic E-state index is 11.6. The Morgan fingerprint density at radius 3 is 2.59 bits per heavy atom. The van der Waals surface area contributed by atoms with Crippen LogP contribution in [0.2, 0.25) is 5.15 Å².